The van der Waals surface area contributed by atoms with Crippen molar-refractivity contribution in [3.63, 3.8) is 0 Å². The van der Waals surface area contributed by atoms with Crippen molar-refractivity contribution in [2.45, 2.75) is 126 Å². The van der Waals surface area contributed by atoms with Gasteiger partial charge in [0.05, 0.1) is 0 Å². The fraction of sp³-hybridized carbons (Fsp3) is 0.853. The zero-order chi connectivity index (χ0) is 28.8. The summed E-state index contributed by atoms with van der Waals surface area (Å²) in [7, 11) is 0. The van der Waals surface area contributed by atoms with Crippen molar-refractivity contribution in [1.82, 2.24) is 0 Å². The number of carbonyl (C=O) groups excluding carboxylic acids is 3. The van der Waals surface area contributed by atoms with Crippen LogP contribution >= 0.6 is 0 Å². The Morgan fingerprint density at radius 3 is 2.23 bits per heavy atom. The van der Waals surface area contributed by atoms with E-state index in [1.54, 1.807) is 5.57 Å². The maximum absolute atomic E-state index is 13.1. The summed E-state index contributed by atoms with van der Waals surface area (Å²) in [6.45, 7) is 19.8. The molecule has 9 atom stereocenters. The summed E-state index contributed by atoms with van der Waals surface area (Å²) in [5, 5.41) is 0. The number of hydrogen-bond acceptors (Lipinski definition) is 5. The second-order valence-electron chi connectivity index (χ2n) is 16.1. The van der Waals surface area contributed by atoms with Gasteiger partial charge in [-0.3, -0.25) is 14.4 Å². The molecule has 5 nitrogen and oxygen atoms in total. The van der Waals surface area contributed by atoms with Gasteiger partial charge in [-0.15, -0.1) is 0 Å². The van der Waals surface area contributed by atoms with Gasteiger partial charge in [0.1, 0.15) is 18.5 Å². The van der Waals surface area contributed by atoms with E-state index in [1.807, 2.05) is 0 Å². The van der Waals surface area contributed by atoms with E-state index in [9.17, 15) is 14.4 Å². The van der Waals surface area contributed by atoms with Crippen molar-refractivity contribution in [3.8, 4) is 0 Å². The van der Waals surface area contributed by atoms with E-state index in [4.69, 9.17) is 9.47 Å². The first-order chi connectivity index (χ1) is 17.9. The fourth-order valence-corrected chi connectivity index (χ4v) is 11.0. The van der Waals surface area contributed by atoms with Crippen LogP contribution in [0, 0.1) is 50.2 Å². The lowest BCUT2D eigenvalue weighted by Crippen LogP contribution is -2.66. The van der Waals surface area contributed by atoms with Gasteiger partial charge in [0, 0.05) is 31.1 Å². The molecule has 0 aliphatic heterocycles. The van der Waals surface area contributed by atoms with Gasteiger partial charge in [-0.25, -0.2) is 0 Å². The smallest absolute Gasteiger partial charge is 0.302 e. The van der Waals surface area contributed by atoms with Crippen molar-refractivity contribution >= 4 is 17.7 Å². The molecule has 218 valence electrons. The molecule has 39 heavy (non-hydrogen) atoms. The third kappa shape index (κ3) is 4.02. The van der Waals surface area contributed by atoms with Crippen molar-refractivity contribution in [3.05, 3.63) is 11.6 Å². The van der Waals surface area contributed by atoms with Gasteiger partial charge in [0.25, 0.3) is 0 Å². The zero-order valence-corrected chi connectivity index (χ0v) is 26.0. The molecule has 5 rings (SSSR count). The Balaban J connectivity index is 1.54. The summed E-state index contributed by atoms with van der Waals surface area (Å²) in [6, 6.07) is 0. The number of allylic oxidation sites excluding steroid dienone is 2. The van der Waals surface area contributed by atoms with Crippen LogP contribution in [-0.2, 0) is 23.9 Å². The molecule has 4 saturated carbocycles. The Morgan fingerprint density at radius 2 is 1.59 bits per heavy atom. The van der Waals surface area contributed by atoms with Gasteiger partial charge in [0.15, 0.2) is 0 Å². The van der Waals surface area contributed by atoms with E-state index >= 15 is 0 Å². The van der Waals surface area contributed by atoms with E-state index in [2.05, 4.69) is 54.5 Å². The first kappa shape index (κ1) is 28.9. The van der Waals surface area contributed by atoms with E-state index in [1.165, 1.54) is 13.8 Å². The molecule has 4 fully saturated rings. The maximum Gasteiger partial charge on any atom is 0.302 e. The van der Waals surface area contributed by atoms with Gasteiger partial charge in [-0.1, -0.05) is 60.1 Å². The quantitative estimate of drug-likeness (QED) is 0.274. The molecule has 0 spiro atoms. The molecule has 5 heteroatoms. The van der Waals surface area contributed by atoms with Crippen LogP contribution in [0.4, 0.5) is 0 Å². The molecular weight excluding hydrogens is 488 g/mol. The fourth-order valence-electron chi connectivity index (χ4n) is 11.0. The summed E-state index contributed by atoms with van der Waals surface area (Å²) in [4.78, 5) is 37.1. The van der Waals surface area contributed by atoms with Crippen LogP contribution in [0.15, 0.2) is 11.6 Å². The molecule has 9 unspecified atom stereocenters. The molecule has 0 saturated heterocycles. The van der Waals surface area contributed by atoms with Crippen LogP contribution in [0.5, 0.6) is 0 Å². The normalized spacial score (nSPS) is 48.4. The van der Waals surface area contributed by atoms with Crippen LogP contribution in [0.2, 0.25) is 0 Å². The molecule has 0 amide bonds. The van der Waals surface area contributed by atoms with Crippen LogP contribution in [0.1, 0.15) is 120 Å². The van der Waals surface area contributed by atoms with Crippen LogP contribution in [0.3, 0.4) is 0 Å². The third-order valence-corrected chi connectivity index (χ3v) is 13.6. The number of esters is 2. The molecule has 5 aliphatic carbocycles. The first-order valence-corrected chi connectivity index (χ1v) is 15.5. The number of carbonyl (C=O) groups is 3. The monoisotopic (exact) mass is 540 g/mol. The largest absolute Gasteiger partial charge is 0.465 e. The van der Waals surface area contributed by atoms with Crippen molar-refractivity contribution < 1.29 is 23.9 Å². The summed E-state index contributed by atoms with van der Waals surface area (Å²) in [5.74, 6) is 1.20. The van der Waals surface area contributed by atoms with Gasteiger partial charge in [-0.2, -0.15) is 0 Å². The number of Topliss-reactive ketones (excluding diaryl/α,β-unsaturated/α-hetero) is 1. The lowest BCUT2D eigenvalue weighted by Gasteiger charge is -2.71. The summed E-state index contributed by atoms with van der Waals surface area (Å²) >= 11 is 0. The number of fused-ring (bicyclic) bond motifs is 7. The molecule has 5 aliphatic rings. The molecule has 0 aromatic carbocycles. The summed E-state index contributed by atoms with van der Waals surface area (Å²) in [5.41, 5.74) is 1.40. The van der Waals surface area contributed by atoms with Crippen LogP contribution < -0.4 is 0 Å². The second kappa shape index (κ2) is 8.92. The number of rotatable bonds is 3. The van der Waals surface area contributed by atoms with Gasteiger partial charge >= 0.3 is 11.9 Å². The van der Waals surface area contributed by atoms with E-state index in [-0.39, 0.29) is 45.1 Å². The zero-order valence-electron chi connectivity index (χ0n) is 26.0. The van der Waals surface area contributed by atoms with E-state index in [0.29, 0.717) is 36.6 Å². The molecule has 0 radical (unpaired) electrons. The highest BCUT2D eigenvalue weighted by molar-refractivity contribution is 5.86. The average Bonchev–Trinajstić information content (AvgIpc) is 2.82. The molecular formula is C34H52O5. The van der Waals surface area contributed by atoms with E-state index in [0.717, 1.165) is 51.4 Å². The van der Waals surface area contributed by atoms with Gasteiger partial charge < -0.3 is 9.47 Å². The van der Waals surface area contributed by atoms with Crippen LogP contribution in [-0.4, -0.2) is 30.4 Å². The standard InChI is InChI=1S/C34H52O5/c1-21(35)38-20-32(7)25-12-15-34(9)26(31(25,6)14-13-28(32)39-22(2)36)11-10-23-24-18-29(3,4)27(37)19-30(24,5)16-17-33(23,34)8/h10,24-26,28H,11-20H2,1-9H3. The second-order valence-corrected chi connectivity index (χ2v) is 16.1. The van der Waals surface area contributed by atoms with Crippen molar-refractivity contribution in [2.75, 3.05) is 6.61 Å². The molecule has 0 heterocycles. The summed E-state index contributed by atoms with van der Waals surface area (Å²) in [6.07, 6.45) is 11.4. The Bertz CT molecular complexity index is 1100. The minimum atomic E-state index is -0.407. The Hall–Kier alpha value is -1.65. The number of hydrogen-bond donors (Lipinski definition) is 0. The van der Waals surface area contributed by atoms with E-state index < -0.39 is 5.41 Å². The highest BCUT2D eigenvalue weighted by Crippen LogP contribution is 2.75. The minimum Gasteiger partial charge on any atom is -0.465 e. The predicted molar refractivity (Wildman–Crippen MR) is 152 cm³/mol. The van der Waals surface area contributed by atoms with Gasteiger partial charge in [0.2, 0.25) is 0 Å². The van der Waals surface area contributed by atoms with Gasteiger partial charge in [-0.05, 0) is 90.8 Å². The molecule has 0 aromatic heterocycles. The SMILES string of the molecule is CC(=O)OCC1(C)C(OC(C)=O)CCC2(C)C1CCC1(C)C2CC=C2C3CC(C)(C)C(=O)CC3(C)CCC21C. The highest BCUT2D eigenvalue weighted by atomic mass is 16.6. The third-order valence-electron chi connectivity index (χ3n) is 13.6. The molecule has 0 bridgehead atoms. The van der Waals surface area contributed by atoms with Crippen molar-refractivity contribution in [1.29, 1.82) is 0 Å². The first-order valence-electron chi connectivity index (χ1n) is 15.5. The van der Waals surface area contributed by atoms with Crippen molar-refractivity contribution in [2.24, 2.45) is 50.2 Å². The molecule has 0 aromatic rings. The Morgan fingerprint density at radius 1 is 0.897 bits per heavy atom. The average molecular weight is 541 g/mol. The lowest BCUT2D eigenvalue weighted by molar-refractivity contribution is -0.225. The molecule has 0 N–H and O–H groups in total. The maximum atomic E-state index is 13.1. The number of ketones is 1. The predicted octanol–water partition coefficient (Wildman–Crippen LogP) is 7.46. The Kier molecular flexibility index (Phi) is 6.60. The number of ether oxygens (including phenoxy) is 2. The summed E-state index contributed by atoms with van der Waals surface area (Å²) < 4.78 is 11.6. The Labute approximate surface area is 236 Å². The highest BCUT2D eigenvalue weighted by Gasteiger charge is 2.69. The minimum absolute atomic E-state index is 0.0616. The van der Waals surface area contributed by atoms with Crippen LogP contribution in [0.25, 0.3) is 0 Å². The topological polar surface area (TPSA) is 69.7 Å². The lowest BCUT2D eigenvalue weighted by atomic mass is 9.33.